The number of fused-ring (bicyclic) bond motifs is 1. The quantitative estimate of drug-likeness (QED) is 0.195. The minimum atomic E-state index is 0.678. The Morgan fingerprint density at radius 2 is 1.65 bits per heavy atom. The number of H-pyrrole nitrogens is 1. The number of nitrogen functional groups attached to an aromatic ring is 1. The Labute approximate surface area is 227 Å². The highest BCUT2D eigenvalue weighted by Crippen LogP contribution is 2.43. The van der Waals surface area contributed by atoms with E-state index in [2.05, 4.69) is 111 Å². The maximum Gasteiger partial charge on any atom is 0.162 e. The van der Waals surface area contributed by atoms with Gasteiger partial charge in [-0.25, -0.2) is 0 Å². The maximum atomic E-state index is 5.92. The fourth-order valence-electron chi connectivity index (χ4n) is 4.49. The summed E-state index contributed by atoms with van der Waals surface area (Å²) in [5.74, 6) is 0.678. The van der Waals surface area contributed by atoms with Crippen molar-refractivity contribution in [1.29, 1.82) is 0 Å². The van der Waals surface area contributed by atoms with Gasteiger partial charge in [-0.3, -0.25) is 0 Å². The van der Waals surface area contributed by atoms with Gasteiger partial charge in [0.2, 0.25) is 0 Å². The van der Waals surface area contributed by atoms with Crippen LogP contribution in [0.1, 0.15) is 11.1 Å². The van der Waals surface area contributed by atoms with Crippen molar-refractivity contribution in [3.63, 3.8) is 0 Å². The molecule has 0 saturated heterocycles. The number of nitrogens with zero attached hydrogens (tertiary/aromatic N) is 2. The van der Waals surface area contributed by atoms with Gasteiger partial charge in [0.15, 0.2) is 5.82 Å². The molecule has 5 nitrogen and oxygen atoms in total. The first kappa shape index (κ1) is 23.5. The van der Waals surface area contributed by atoms with E-state index in [0.29, 0.717) is 5.82 Å². The molecule has 0 radical (unpaired) electrons. The summed E-state index contributed by atoms with van der Waals surface area (Å²) in [7, 11) is 0. The summed E-state index contributed by atoms with van der Waals surface area (Å²) < 4.78 is 0.892. The van der Waals surface area contributed by atoms with Crippen LogP contribution in [0, 0.1) is 13.8 Å². The topological polar surface area (TPSA) is 79.6 Å². The van der Waals surface area contributed by atoms with Gasteiger partial charge in [0.1, 0.15) is 5.69 Å². The van der Waals surface area contributed by atoms with Crippen molar-refractivity contribution in [2.24, 2.45) is 0 Å². The predicted molar refractivity (Wildman–Crippen MR) is 159 cm³/mol. The largest absolute Gasteiger partial charge is 0.391 e. The molecule has 6 rings (SSSR count). The average molecular weight is 567 g/mol. The van der Waals surface area contributed by atoms with E-state index >= 15 is 0 Å². The minimum absolute atomic E-state index is 0.678. The highest BCUT2D eigenvalue weighted by molar-refractivity contribution is 9.10. The zero-order chi connectivity index (χ0) is 25.5. The fourth-order valence-corrected chi connectivity index (χ4v) is 5.86. The Balaban J connectivity index is 1.46. The third-order valence-electron chi connectivity index (χ3n) is 6.65. The summed E-state index contributed by atoms with van der Waals surface area (Å²) >= 11 is 5.46. The van der Waals surface area contributed by atoms with E-state index in [1.807, 2.05) is 18.3 Å². The number of halogens is 1. The number of hydrogen-bond acceptors (Lipinski definition) is 5. The third kappa shape index (κ3) is 4.41. The normalized spacial score (nSPS) is 11.2. The zero-order valence-corrected chi connectivity index (χ0v) is 22.7. The highest BCUT2D eigenvalue weighted by Gasteiger charge is 2.21. The summed E-state index contributed by atoms with van der Waals surface area (Å²) in [6, 6.07) is 24.9. The summed E-state index contributed by atoms with van der Waals surface area (Å²) in [6.07, 6.45) is 2.03. The van der Waals surface area contributed by atoms with Crippen LogP contribution in [0.4, 0.5) is 16.5 Å². The Bertz CT molecular complexity index is 1750. The van der Waals surface area contributed by atoms with E-state index in [9.17, 15) is 0 Å². The second-order valence-corrected chi connectivity index (χ2v) is 10.8. The molecule has 6 aromatic rings. The highest BCUT2D eigenvalue weighted by atomic mass is 79.9. The van der Waals surface area contributed by atoms with Crippen LogP contribution in [0.15, 0.2) is 88.8 Å². The van der Waals surface area contributed by atoms with E-state index in [0.717, 1.165) is 59.6 Å². The number of hydrogen-bond donors (Lipinski definition) is 3. The van der Waals surface area contributed by atoms with Gasteiger partial charge in [0.05, 0.1) is 9.47 Å². The first-order chi connectivity index (χ1) is 18.0. The fraction of sp³-hybridized carbons (Fsp3) is 0.0667. The molecule has 0 fully saturated rings. The summed E-state index contributed by atoms with van der Waals surface area (Å²) in [5, 5.41) is 16.9. The average Bonchev–Trinajstić information content (AvgIpc) is 3.53. The van der Waals surface area contributed by atoms with E-state index in [-0.39, 0.29) is 0 Å². The monoisotopic (exact) mass is 565 g/mol. The molecule has 7 heteroatoms. The summed E-state index contributed by atoms with van der Waals surface area (Å²) in [5.41, 5.74) is 16.4. The number of aromatic amines is 1. The van der Waals surface area contributed by atoms with Gasteiger partial charge < -0.3 is 16.0 Å². The summed E-state index contributed by atoms with van der Waals surface area (Å²) in [6.45, 7) is 4.23. The number of thiophene rings is 1. The van der Waals surface area contributed by atoms with Crippen molar-refractivity contribution in [3.05, 3.63) is 100.0 Å². The smallest absolute Gasteiger partial charge is 0.162 e. The second-order valence-electron chi connectivity index (χ2n) is 9.07. The first-order valence-electron chi connectivity index (χ1n) is 11.9. The van der Waals surface area contributed by atoms with Crippen LogP contribution in [0.3, 0.4) is 0 Å². The van der Waals surface area contributed by atoms with Gasteiger partial charge in [-0.1, -0.05) is 42.5 Å². The van der Waals surface area contributed by atoms with Crippen LogP contribution in [0.2, 0.25) is 0 Å². The van der Waals surface area contributed by atoms with Gasteiger partial charge >= 0.3 is 0 Å². The molecule has 0 aliphatic carbocycles. The van der Waals surface area contributed by atoms with Crippen LogP contribution in [-0.2, 0) is 0 Å². The van der Waals surface area contributed by atoms with Crippen molar-refractivity contribution < 1.29 is 0 Å². The number of aryl methyl sites for hydroxylation is 2. The lowest BCUT2D eigenvalue weighted by Crippen LogP contribution is -2.02. The lowest BCUT2D eigenvalue weighted by Gasteiger charge is -2.15. The molecule has 3 aromatic heterocycles. The predicted octanol–water partition coefficient (Wildman–Crippen LogP) is 8.73. The standard InChI is InChI=1S/C30H24BrN5S/c1-17-7-8-20(13-18(17)2)29-28(31)27(24-15-33-25-6-4-3-5-23(24)25)30(36-35-29)34-22-11-9-19(10-12-22)21-14-26(32)37-16-21/h3-16,33H,32H2,1-2H3,(H,34,36). The molecule has 0 aliphatic heterocycles. The van der Waals surface area contributed by atoms with E-state index < -0.39 is 0 Å². The molecular weight excluding hydrogens is 542 g/mol. The van der Waals surface area contributed by atoms with E-state index in [1.165, 1.54) is 11.1 Å². The molecule has 4 N–H and O–H groups in total. The Hall–Kier alpha value is -3.94. The van der Waals surface area contributed by atoms with Crippen molar-refractivity contribution in [1.82, 2.24) is 15.2 Å². The van der Waals surface area contributed by atoms with Crippen LogP contribution in [-0.4, -0.2) is 15.2 Å². The summed E-state index contributed by atoms with van der Waals surface area (Å²) in [4.78, 5) is 3.40. The lowest BCUT2D eigenvalue weighted by molar-refractivity contribution is 1.04. The molecule has 0 unspecified atom stereocenters. The number of benzene rings is 3. The number of para-hydroxylation sites is 1. The van der Waals surface area contributed by atoms with Crippen molar-refractivity contribution in [2.75, 3.05) is 11.1 Å². The van der Waals surface area contributed by atoms with Gasteiger partial charge in [-0.15, -0.1) is 21.5 Å². The Morgan fingerprint density at radius 1 is 0.865 bits per heavy atom. The van der Waals surface area contributed by atoms with Crippen LogP contribution in [0.25, 0.3) is 44.4 Å². The number of rotatable bonds is 5. The third-order valence-corrected chi connectivity index (χ3v) is 8.19. The van der Waals surface area contributed by atoms with Crippen LogP contribution in [0.5, 0.6) is 0 Å². The minimum Gasteiger partial charge on any atom is -0.391 e. The number of anilines is 3. The lowest BCUT2D eigenvalue weighted by atomic mass is 10.0. The molecule has 0 saturated carbocycles. The van der Waals surface area contributed by atoms with Crippen molar-refractivity contribution in [3.8, 4) is 33.5 Å². The second kappa shape index (κ2) is 9.50. The van der Waals surface area contributed by atoms with Gasteiger partial charge in [0, 0.05) is 44.9 Å². The van der Waals surface area contributed by atoms with Crippen LogP contribution < -0.4 is 11.1 Å². The molecule has 0 aliphatic rings. The maximum absolute atomic E-state index is 5.92. The van der Waals surface area contributed by atoms with E-state index in [4.69, 9.17) is 10.8 Å². The molecule has 37 heavy (non-hydrogen) atoms. The van der Waals surface area contributed by atoms with Crippen molar-refractivity contribution >= 4 is 54.7 Å². The van der Waals surface area contributed by atoms with Gasteiger partial charge in [-0.05, 0) is 82.4 Å². The Morgan fingerprint density at radius 3 is 2.41 bits per heavy atom. The number of nitrogens with one attached hydrogen (secondary N) is 2. The number of aromatic nitrogens is 3. The first-order valence-corrected chi connectivity index (χ1v) is 13.6. The Kier molecular flexibility index (Phi) is 6.02. The molecule has 182 valence electrons. The molecule has 0 bridgehead atoms. The molecule has 3 aromatic carbocycles. The molecular formula is C30H24BrN5S. The van der Waals surface area contributed by atoms with Crippen LogP contribution >= 0.6 is 27.3 Å². The molecule has 0 amide bonds. The molecule has 3 heterocycles. The zero-order valence-electron chi connectivity index (χ0n) is 20.3. The SMILES string of the molecule is Cc1ccc(-c2nnc(Nc3ccc(-c4csc(N)c4)cc3)c(-c3c[nH]c4ccccc34)c2Br)cc1C. The molecule has 0 spiro atoms. The van der Waals surface area contributed by atoms with E-state index in [1.54, 1.807) is 11.3 Å². The van der Waals surface area contributed by atoms with Gasteiger partial charge in [0.25, 0.3) is 0 Å². The van der Waals surface area contributed by atoms with Crippen molar-refractivity contribution in [2.45, 2.75) is 13.8 Å². The van der Waals surface area contributed by atoms with Gasteiger partial charge in [-0.2, -0.15) is 0 Å². The molecule has 0 atom stereocenters. The number of nitrogens with two attached hydrogens (primary N) is 1.